The Morgan fingerprint density at radius 3 is 2.65 bits per heavy atom. The van der Waals surface area contributed by atoms with Crippen LogP contribution in [-0.4, -0.2) is 19.1 Å². The molecule has 2 rings (SSSR count). The van der Waals surface area contributed by atoms with Gasteiger partial charge < -0.3 is 10.2 Å². The predicted octanol–water partition coefficient (Wildman–Crippen LogP) is 2.92. The van der Waals surface area contributed by atoms with Crippen LogP contribution in [0.25, 0.3) is 0 Å². The molecular weight excluding hydrogens is 215 g/mol. The summed E-state index contributed by atoms with van der Waals surface area (Å²) < 4.78 is 13.6. The second-order valence-corrected chi connectivity index (χ2v) is 4.62. The van der Waals surface area contributed by atoms with E-state index in [1.54, 1.807) is 12.1 Å². The van der Waals surface area contributed by atoms with Crippen LogP contribution in [0.15, 0.2) is 18.2 Å². The number of hydrogen-bond donors (Lipinski definition) is 1. The largest absolute Gasteiger partial charge is 0.369 e. The van der Waals surface area contributed by atoms with E-state index in [0.717, 1.165) is 30.9 Å². The highest BCUT2D eigenvalue weighted by molar-refractivity contribution is 5.51. The summed E-state index contributed by atoms with van der Waals surface area (Å²) in [6.45, 7) is 6.79. The van der Waals surface area contributed by atoms with Gasteiger partial charge in [-0.3, -0.25) is 0 Å². The van der Waals surface area contributed by atoms with Crippen LogP contribution in [0.4, 0.5) is 10.1 Å². The molecule has 0 unspecified atom stereocenters. The van der Waals surface area contributed by atoms with Crippen molar-refractivity contribution < 1.29 is 4.39 Å². The van der Waals surface area contributed by atoms with Gasteiger partial charge in [0.15, 0.2) is 0 Å². The molecule has 1 aliphatic rings. The van der Waals surface area contributed by atoms with Crippen LogP contribution in [-0.2, 0) is 6.54 Å². The van der Waals surface area contributed by atoms with Crippen LogP contribution < -0.4 is 10.2 Å². The first-order valence-corrected chi connectivity index (χ1v) is 6.51. The second-order valence-electron chi connectivity index (χ2n) is 4.62. The van der Waals surface area contributed by atoms with E-state index in [4.69, 9.17) is 0 Å². The molecule has 3 heteroatoms. The summed E-state index contributed by atoms with van der Waals surface area (Å²) >= 11 is 0. The molecule has 1 N–H and O–H groups in total. The van der Waals surface area contributed by atoms with Crippen molar-refractivity contribution in [2.45, 2.75) is 39.3 Å². The maximum atomic E-state index is 13.6. The van der Waals surface area contributed by atoms with Gasteiger partial charge in [-0.15, -0.1) is 0 Å². The molecule has 0 saturated heterocycles. The summed E-state index contributed by atoms with van der Waals surface area (Å²) in [5.74, 6) is -0.130. The lowest BCUT2D eigenvalue weighted by Crippen LogP contribution is -2.25. The molecule has 0 atom stereocenters. The average molecular weight is 236 g/mol. The van der Waals surface area contributed by atoms with Crippen LogP contribution in [0.1, 0.15) is 32.3 Å². The van der Waals surface area contributed by atoms with Gasteiger partial charge in [0.1, 0.15) is 5.82 Å². The molecule has 2 nitrogen and oxygen atoms in total. The molecule has 0 heterocycles. The molecule has 94 valence electrons. The van der Waals surface area contributed by atoms with Crippen molar-refractivity contribution in [3.63, 3.8) is 0 Å². The van der Waals surface area contributed by atoms with Crippen molar-refractivity contribution in [1.82, 2.24) is 5.32 Å². The fraction of sp³-hybridized carbons (Fsp3) is 0.571. The normalized spacial score (nSPS) is 15.0. The Hall–Kier alpha value is -1.09. The topological polar surface area (TPSA) is 15.3 Å². The number of halogens is 1. The quantitative estimate of drug-likeness (QED) is 0.817. The number of rotatable bonds is 6. The highest BCUT2D eigenvalue weighted by Gasteiger charge is 2.28. The summed E-state index contributed by atoms with van der Waals surface area (Å²) in [6.07, 6.45) is 2.49. The predicted molar refractivity (Wildman–Crippen MR) is 69.8 cm³/mol. The van der Waals surface area contributed by atoms with Crippen LogP contribution in [0.5, 0.6) is 0 Å². The van der Waals surface area contributed by atoms with Crippen molar-refractivity contribution in [3.05, 3.63) is 29.6 Å². The molecule has 0 spiro atoms. The van der Waals surface area contributed by atoms with Crippen LogP contribution in [0.2, 0.25) is 0 Å². The third-order valence-corrected chi connectivity index (χ3v) is 3.18. The van der Waals surface area contributed by atoms with Gasteiger partial charge in [-0.25, -0.2) is 4.39 Å². The van der Waals surface area contributed by atoms with Gasteiger partial charge in [0.2, 0.25) is 0 Å². The lowest BCUT2D eigenvalue weighted by Gasteiger charge is -2.23. The van der Waals surface area contributed by atoms with Gasteiger partial charge in [0.25, 0.3) is 0 Å². The molecule has 1 fully saturated rings. The first-order valence-electron chi connectivity index (χ1n) is 6.51. The highest BCUT2D eigenvalue weighted by atomic mass is 19.1. The summed E-state index contributed by atoms with van der Waals surface area (Å²) in [6, 6.07) is 6.01. The van der Waals surface area contributed by atoms with Gasteiger partial charge in [0, 0.05) is 24.8 Å². The monoisotopic (exact) mass is 236 g/mol. The molecule has 1 saturated carbocycles. The molecule has 1 aliphatic carbocycles. The second kappa shape index (κ2) is 5.50. The molecule has 0 amide bonds. The van der Waals surface area contributed by atoms with E-state index in [9.17, 15) is 4.39 Å². The molecule has 1 aromatic rings. The van der Waals surface area contributed by atoms with Crippen LogP contribution >= 0.6 is 0 Å². The van der Waals surface area contributed by atoms with Crippen molar-refractivity contribution in [2.75, 3.05) is 18.0 Å². The smallest absolute Gasteiger partial charge is 0.125 e. The number of nitrogens with zero attached hydrogens (tertiary/aromatic N) is 1. The number of benzene rings is 1. The number of nitrogens with one attached hydrogen (secondary N) is 1. The first kappa shape index (κ1) is 12.4. The molecule has 0 aliphatic heterocycles. The summed E-state index contributed by atoms with van der Waals surface area (Å²) in [4.78, 5) is 2.30. The maximum Gasteiger partial charge on any atom is 0.125 e. The molecule has 1 aromatic carbocycles. The van der Waals surface area contributed by atoms with E-state index < -0.39 is 0 Å². The number of hydrogen-bond acceptors (Lipinski definition) is 2. The summed E-state index contributed by atoms with van der Waals surface area (Å²) in [7, 11) is 0. The lowest BCUT2D eigenvalue weighted by molar-refractivity contribution is 0.620. The molecule has 0 radical (unpaired) electrons. The zero-order chi connectivity index (χ0) is 12.3. The third-order valence-electron chi connectivity index (χ3n) is 3.18. The van der Waals surface area contributed by atoms with E-state index in [-0.39, 0.29) is 5.82 Å². The van der Waals surface area contributed by atoms with Crippen molar-refractivity contribution >= 4 is 5.69 Å². The maximum absolute atomic E-state index is 13.6. The minimum Gasteiger partial charge on any atom is -0.369 e. The van der Waals surface area contributed by atoms with Crippen LogP contribution in [0.3, 0.4) is 0 Å². The first-order chi connectivity index (χ1) is 8.24. The van der Waals surface area contributed by atoms with E-state index in [1.165, 1.54) is 12.8 Å². The van der Waals surface area contributed by atoms with Crippen molar-refractivity contribution in [3.8, 4) is 0 Å². The van der Waals surface area contributed by atoms with Crippen molar-refractivity contribution in [1.29, 1.82) is 0 Å². The summed E-state index contributed by atoms with van der Waals surface area (Å²) in [5.41, 5.74) is 2.06. The van der Waals surface area contributed by atoms with E-state index in [1.807, 2.05) is 0 Å². The Morgan fingerprint density at radius 1 is 1.29 bits per heavy atom. The highest BCUT2D eigenvalue weighted by Crippen LogP contribution is 2.32. The minimum absolute atomic E-state index is 0.130. The van der Waals surface area contributed by atoms with Gasteiger partial charge in [-0.05, 0) is 50.1 Å². The molecule has 17 heavy (non-hydrogen) atoms. The van der Waals surface area contributed by atoms with E-state index in [0.29, 0.717) is 6.04 Å². The molecule has 0 aromatic heterocycles. The third kappa shape index (κ3) is 3.19. The zero-order valence-corrected chi connectivity index (χ0v) is 10.7. The molecule has 0 bridgehead atoms. The Labute approximate surface area is 103 Å². The van der Waals surface area contributed by atoms with Crippen molar-refractivity contribution in [2.24, 2.45) is 0 Å². The number of anilines is 1. The Morgan fingerprint density at radius 2 is 2.06 bits per heavy atom. The average Bonchev–Trinajstić information content (AvgIpc) is 3.11. The van der Waals surface area contributed by atoms with E-state index in [2.05, 4.69) is 30.1 Å². The van der Waals surface area contributed by atoms with Crippen LogP contribution in [0, 0.1) is 5.82 Å². The van der Waals surface area contributed by atoms with Gasteiger partial charge >= 0.3 is 0 Å². The SMILES string of the molecule is CCNCc1cc(F)cc(N(CC)C2CC2)c1. The minimum atomic E-state index is -0.130. The van der Waals surface area contributed by atoms with Gasteiger partial charge in [-0.1, -0.05) is 6.92 Å². The summed E-state index contributed by atoms with van der Waals surface area (Å²) in [5, 5.41) is 3.24. The Kier molecular flexibility index (Phi) is 4.00. The lowest BCUT2D eigenvalue weighted by atomic mass is 10.1. The van der Waals surface area contributed by atoms with Gasteiger partial charge in [-0.2, -0.15) is 0 Å². The Balaban J connectivity index is 2.17. The Bertz CT molecular complexity index is 374. The van der Waals surface area contributed by atoms with Gasteiger partial charge in [0.05, 0.1) is 0 Å². The standard InChI is InChI=1S/C14H21FN2/c1-3-16-10-11-7-12(15)9-14(8-11)17(4-2)13-5-6-13/h7-9,13,16H,3-6,10H2,1-2H3. The fourth-order valence-corrected chi connectivity index (χ4v) is 2.21. The van der Waals surface area contributed by atoms with E-state index >= 15 is 0 Å². The fourth-order valence-electron chi connectivity index (χ4n) is 2.21. The molecular formula is C14H21FN2. The zero-order valence-electron chi connectivity index (χ0n) is 10.7.